The van der Waals surface area contributed by atoms with Gasteiger partial charge in [-0.15, -0.1) is 0 Å². The fraction of sp³-hybridized carbons (Fsp3) is 0.429. The molecule has 0 saturated heterocycles. The van der Waals surface area contributed by atoms with Gasteiger partial charge in [-0.2, -0.15) is 5.10 Å². The maximum atomic E-state index is 5.92. The summed E-state index contributed by atoms with van der Waals surface area (Å²) in [5.41, 5.74) is 5.92. The number of rotatable bonds is 4. The zero-order valence-corrected chi connectivity index (χ0v) is 11.5. The minimum atomic E-state index is 0.177. The van der Waals surface area contributed by atoms with Crippen LogP contribution < -0.4 is 15.2 Å². The third-order valence-electron chi connectivity index (χ3n) is 3.35. The Bertz CT molecular complexity index is 597. The highest BCUT2D eigenvalue weighted by atomic mass is 16.5. The molecule has 1 atom stereocenters. The molecule has 2 aromatic rings. The number of aromatic nitrogens is 3. The maximum absolute atomic E-state index is 5.92. The molecule has 2 N–H and O–H groups in total. The first-order valence-electron chi connectivity index (χ1n) is 6.69. The van der Waals surface area contributed by atoms with Gasteiger partial charge in [0.25, 0.3) is 0 Å². The Kier molecular flexibility index (Phi) is 3.56. The van der Waals surface area contributed by atoms with Gasteiger partial charge in [0, 0.05) is 18.5 Å². The van der Waals surface area contributed by atoms with Crippen molar-refractivity contribution in [2.24, 2.45) is 5.73 Å². The maximum Gasteiger partial charge on any atom is 0.188 e. The summed E-state index contributed by atoms with van der Waals surface area (Å²) in [7, 11) is 1.63. The molecule has 6 heteroatoms. The zero-order chi connectivity index (χ0) is 13.9. The van der Waals surface area contributed by atoms with Gasteiger partial charge in [0.2, 0.25) is 0 Å². The fourth-order valence-electron chi connectivity index (χ4n) is 2.29. The molecule has 106 valence electrons. The van der Waals surface area contributed by atoms with E-state index in [1.165, 1.54) is 0 Å². The Morgan fingerprint density at radius 3 is 3.10 bits per heavy atom. The molecular formula is C14H18N4O2. The average molecular weight is 274 g/mol. The van der Waals surface area contributed by atoms with E-state index in [2.05, 4.69) is 10.1 Å². The number of hydrogen-bond acceptors (Lipinski definition) is 5. The number of nitrogens with two attached hydrogens (primary N) is 1. The van der Waals surface area contributed by atoms with Gasteiger partial charge in [0.15, 0.2) is 5.82 Å². The highest BCUT2D eigenvalue weighted by molar-refractivity contribution is 5.32. The van der Waals surface area contributed by atoms with E-state index in [1.54, 1.807) is 7.11 Å². The topological polar surface area (TPSA) is 75.2 Å². The van der Waals surface area contributed by atoms with Crippen LogP contribution in [-0.2, 0) is 19.6 Å². The predicted molar refractivity (Wildman–Crippen MR) is 73.6 cm³/mol. The standard InChI is InChI=1S/C14H18N4O2/c1-19-11-3-2-4-12(7-11)20-9-13-16-14-6-5-10(15)8-18(14)17-13/h2-4,7,10H,5-6,8-9,15H2,1H3. The number of nitrogens with zero attached hydrogens (tertiary/aromatic N) is 3. The van der Waals surface area contributed by atoms with Crippen molar-refractivity contribution in [1.82, 2.24) is 14.8 Å². The van der Waals surface area contributed by atoms with Crippen molar-refractivity contribution in [2.45, 2.75) is 32.0 Å². The van der Waals surface area contributed by atoms with Gasteiger partial charge >= 0.3 is 0 Å². The van der Waals surface area contributed by atoms with Crippen LogP contribution in [0, 0.1) is 0 Å². The highest BCUT2D eigenvalue weighted by Gasteiger charge is 2.18. The second-order valence-corrected chi connectivity index (χ2v) is 4.89. The van der Waals surface area contributed by atoms with Crippen LogP contribution in [0.2, 0.25) is 0 Å². The first-order chi connectivity index (χ1) is 9.74. The number of fused-ring (bicyclic) bond motifs is 1. The molecule has 6 nitrogen and oxygen atoms in total. The molecule has 0 aliphatic carbocycles. The van der Waals surface area contributed by atoms with E-state index in [-0.39, 0.29) is 6.04 Å². The highest BCUT2D eigenvalue weighted by Crippen LogP contribution is 2.20. The van der Waals surface area contributed by atoms with Crippen LogP contribution in [0.1, 0.15) is 18.1 Å². The monoisotopic (exact) mass is 274 g/mol. The molecule has 1 unspecified atom stereocenters. The lowest BCUT2D eigenvalue weighted by Gasteiger charge is -2.17. The van der Waals surface area contributed by atoms with Crippen molar-refractivity contribution < 1.29 is 9.47 Å². The molecule has 1 aliphatic rings. The lowest BCUT2D eigenvalue weighted by atomic mass is 10.1. The summed E-state index contributed by atoms with van der Waals surface area (Å²) in [5, 5.41) is 4.43. The van der Waals surface area contributed by atoms with Crippen molar-refractivity contribution in [3.05, 3.63) is 35.9 Å². The summed E-state index contributed by atoms with van der Waals surface area (Å²) in [6.07, 6.45) is 1.85. The molecule has 0 fully saturated rings. The zero-order valence-electron chi connectivity index (χ0n) is 11.5. The summed E-state index contributed by atoms with van der Waals surface area (Å²) in [6.45, 7) is 1.09. The molecule has 0 radical (unpaired) electrons. The Hall–Kier alpha value is -2.08. The van der Waals surface area contributed by atoms with Crippen LogP contribution in [0.15, 0.2) is 24.3 Å². The van der Waals surface area contributed by atoms with E-state index in [4.69, 9.17) is 15.2 Å². The molecule has 0 bridgehead atoms. The molecule has 1 aliphatic heterocycles. The van der Waals surface area contributed by atoms with E-state index in [0.29, 0.717) is 12.4 Å². The quantitative estimate of drug-likeness (QED) is 0.905. The Morgan fingerprint density at radius 1 is 1.40 bits per heavy atom. The molecule has 0 spiro atoms. The van der Waals surface area contributed by atoms with Gasteiger partial charge in [0.05, 0.1) is 13.7 Å². The van der Waals surface area contributed by atoms with E-state index in [9.17, 15) is 0 Å². The van der Waals surface area contributed by atoms with Crippen LogP contribution in [0.4, 0.5) is 0 Å². The SMILES string of the molecule is COc1cccc(OCc2nc3n(n2)CC(N)CC3)c1. The van der Waals surface area contributed by atoms with Crippen LogP contribution in [-0.4, -0.2) is 27.9 Å². The van der Waals surface area contributed by atoms with E-state index in [0.717, 1.165) is 36.7 Å². The third kappa shape index (κ3) is 2.75. The minimum absolute atomic E-state index is 0.177. The number of aryl methyl sites for hydroxylation is 1. The third-order valence-corrected chi connectivity index (χ3v) is 3.35. The molecule has 0 amide bonds. The molecule has 2 heterocycles. The molecule has 1 aromatic heterocycles. The lowest BCUT2D eigenvalue weighted by Crippen LogP contribution is -2.32. The van der Waals surface area contributed by atoms with Crippen LogP contribution in [0.25, 0.3) is 0 Å². The van der Waals surface area contributed by atoms with Gasteiger partial charge in [-0.25, -0.2) is 9.67 Å². The molecule has 0 saturated carbocycles. The van der Waals surface area contributed by atoms with Gasteiger partial charge in [-0.1, -0.05) is 6.07 Å². The van der Waals surface area contributed by atoms with Gasteiger partial charge in [-0.05, 0) is 18.6 Å². The Labute approximate surface area is 117 Å². The van der Waals surface area contributed by atoms with Crippen molar-refractivity contribution in [3.8, 4) is 11.5 Å². The van der Waals surface area contributed by atoms with Crippen molar-refractivity contribution in [3.63, 3.8) is 0 Å². The number of benzene rings is 1. The second-order valence-electron chi connectivity index (χ2n) is 4.89. The molecular weight excluding hydrogens is 256 g/mol. The summed E-state index contributed by atoms with van der Waals surface area (Å²) in [6, 6.07) is 7.66. The summed E-state index contributed by atoms with van der Waals surface area (Å²) in [5.74, 6) is 3.20. The largest absolute Gasteiger partial charge is 0.497 e. The first-order valence-corrected chi connectivity index (χ1v) is 6.69. The van der Waals surface area contributed by atoms with E-state index >= 15 is 0 Å². The molecule has 20 heavy (non-hydrogen) atoms. The minimum Gasteiger partial charge on any atom is -0.497 e. The number of hydrogen-bond donors (Lipinski definition) is 1. The van der Waals surface area contributed by atoms with Gasteiger partial charge in [0.1, 0.15) is 23.9 Å². The van der Waals surface area contributed by atoms with Gasteiger partial charge in [-0.3, -0.25) is 0 Å². The Balaban J connectivity index is 1.66. The number of methoxy groups -OCH3 is 1. The Morgan fingerprint density at radius 2 is 2.25 bits per heavy atom. The van der Waals surface area contributed by atoms with Crippen LogP contribution in [0.5, 0.6) is 11.5 Å². The summed E-state index contributed by atoms with van der Waals surface area (Å²) >= 11 is 0. The second kappa shape index (κ2) is 5.50. The summed E-state index contributed by atoms with van der Waals surface area (Å²) in [4.78, 5) is 4.48. The molecule has 3 rings (SSSR count). The van der Waals surface area contributed by atoms with Crippen LogP contribution in [0.3, 0.4) is 0 Å². The van der Waals surface area contributed by atoms with E-state index < -0.39 is 0 Å². The smallest absolute Gasteiger partial charge is 0.188 e. The summed E-state index contributed by atoms with van der Waals surface area (Å²) < 4.78 is 12.7. The van der Waals surface area contributed by atoms with E-state index in [1.807, 2.05) is 28.9 Å². The van der Waals surface area contributed by atoms with Crippen LogP contribution >= 0.6 is 0 Å². The normalized spacial score (nSPS) is 17.6. The first kappa shape index (κ1) is 12.9. The van der Waals surface area contributed by atoms with Crippen molar-refractivity contribution >= 4 is 0 Å². The predicted octanol–water partition coefficient (Wildman–Crippen LogP) is 1.14. The average Bonchev–Trinajstić information content (AvgIpc) is 2.87. The van der Waals surface area contributed by atoms with Crippen molar-refractivity contribution in [1.29, 1.82) is 0 Å². The number of ether oxygens (including phenoxy) is 2. The fourth-order valence-corrected chi connectivity index (χ4v) is 2.29. The lowest BCUT2D eigenvalue weighted by molar-refractivity contribution is 0.292. The van der Waals surface area contributed by atoms with Gasteiger partial charge < -0.3 is 15.2 Å². The molecule has 1 aromatic carbocycles. The van der Waals surface area contributed by atoms with Crippen molar-refractivity contribution in [2.75, 3.05) is 7.11 Å².